The van der Waals surface area contributed by atoms with Crippen molar-refractivity contribution in [3.63, 3.8) is 0 Å². The molecule has 0 aromatic carbocycles. The summed E-state index contributed by atoms with van der Waals surface area (Å²) in [5.74, 6) is 0. The van der Waals surface area contributed by atoms with E-state index in [-0.39, 0.29) is 5.13 Å². The van der Waals surface area contributed by atoms with Gasteiger partial charge in [0.25, 0.3) is 10.0 Å². The van der Waals surface area contributed by atoms with Crippen molar-refractivity contribution in [2.45, 2.75) is 4.34 Å². The molecule has 0 unspecified atom stereocenters. The predicted octanol–water partition coefficient (Wildman–Crippen LogP) is -1.44. The van der Waals surface area contributed by atoms with Crippen LogP contribution >= 0.6 is 11.3 Å². The number of hydrogen-bond acceptors (Lipinski definition) is 7. The monoisotopic (exact) mass is 258 g/mol. The van der Waals surface area contributed by atoms with E-state index in [2.05, 4.69) is 10.2 Å². The van der Waals surface area contributed by atoms with Crippen molar-refractivity contribution in [3.05, 3.63) is 0 Å². The first-order valence-electron chi connectivity index (χ1n) is 3.02. The number of aromatic nitrogens is 2. The van der Waals surface area contributed by atoms with Crippen molar-refractivity contribution >= 4 is 36.5 Å². The van der Waals surface area contributed by atoms with E-state index in [0.29, 0.717) is 11.3 Å². The third-order valence-electron chi connectivity index (χ3n) is 0.923. The van der Waals surface area contributed by atoms with Gasteiger partial charge in [-0.3, -0.25) is 4.72 Å². The Balaban J connectivity index is 3.02. The number of nitrogens with two attached hydrogens (primary N) is 1. The fraction of sp³-hybridized carbons (Fsp3) is 0.333. The highest BCUT2D eigenvalue weighted by atomic mass is 32.2. The maximum atomic E-state index is 10.7. The summed E-state index contributed by atoms with van der Waals surface area (Å²) in [6, 6.07) is 0. The van der Waals surface area contributed by atoms with E-state index in [1.165, 1.54) is 0 Å². The van der Waals surface area contributed by atoms with Gasteiger partial charge >= 0.3 is 0 Å². The van der Waals surface area contributed by atoms with E-state index < -0.39 is 24.4 Å². The van der Waals surface area contributed by atoms with Crippen LogP contribution < -0.4 is 9.86 Å². The van der Waals surface area contributed by atoms with E-state index in [4.69, 9.17) is 5.14 Å². The lowest BCUT2D eigenvalue weighted by Gasteiger charge is -1.94. The van der Waals surface area contributed by atoms with Gasteiger partial charge in [-0.25, -0.2) is 22.0 Å². The number of rotatable bonds is 3. The standard InChI is InChI=1S/C3H6N4O4S3/c1-13(8,9)7-2-5-6-3(12-2)14(4,10)11/h1H3,(H,5,7)(H2,4,10,11). The third-order valence-corrected chi connectivity index (χ3v) is 3.76. The highest BCUT2D eigenvalue weighted by molar-refractivity contribution is 7.92. The number of anilines is 1. The Labute approximate surface area is 84.3 Å². The molecule has 0 aliphatic heterocycles. The number of primary sulfonamides is 1. The Morgan fingerprint density at radius 2 is 1.86 bits per heavy atom. The summed E-state index contributed by atoms with van der Waals surface area (Å²) >= 11 is 0.541. The van der Waals surface area contributed by atoms with Crippen LogP contribution in [0, 0.1) is 0 Å². The first-order valence-corrected chi connectivity index (χ1v) is 7.28. The minimum atomic E-state index is -3.93. The molecule has 0 spiro atoms. The van der Waals surface area contributed by atoms with Crippen molar-refractivity contribution in [3.8, 4) is 0 Å². The van der Waals surface area contributed by atoms with Crippen LogP contribution in [0.5, 0.6) is 0 Å². The fourth-order valence-corrected chi connectivity index (χ4v) is 2.69. The van der Waals surface area contributed by atoms with Crippen molar-refractivity contribution in [2.75, 3.05) is 11.0 Å². The van der Waals surface area contributed by atoms with E-state index in [0.717, 1.165) is 6.26 Å². The van der Waals surface area contributed by atoms with Crippen molar-refractivity contribution in [1.29, 1.82) is 0 Å². The summed E-state index contributed by atoms with van der Waals surface area (Å²) in [4.78, 5) is 0. The molecule has 0 amide bonds. The van der Waals surface area contributed by atoms with Crippen molar-refractivity contribution < 1.29 is 16.8 Å². The smallest absolute Gasteiger partial charge is 0.257 e. The molecule has 0 saturated heterocycles. The molecule has 80 valence electrons. The maximum Gasteiger partial charge on any atom is 0.267 e. The van der Waals surface area contributed by atoms with Gasteiger partial charge in [-0.15, -0.1) is 10.2 Å². The molecule has 1 aromatic heterocycles. The molecule has 0 saturated carbocycles. The second-order valence-electron chi connectivity index (χ2n) is 2.29. The van der Waals surface area contributed by atoms with Gasteiger partial charge < -0.3 is 0 Å². The minimum Gasteiger partial charge on any atom is -0.257 e. The van der Waals surface area contributed by atoms with Crippen molar-refractivity contribution in [2.24, 2.45) is 5.14 Å². The van der Waals surface area contributed by atoms with Gasteiger partial charge in [-0.05, 0) is 0 Å². The summed E-state index contributed by atoms with van der Waals surface area (Å²) in [7, 11) is -7.41. The molecular formula is C3H6N4O4S3. The molecular weight excluding hydrogens is 252 g/mol. The Morgan fingerprint density at radius 1 is 1.29 bits per heavy atom. The van der Waals surface area contributed by atoms with Crippen LogP contribution in [0.1, 0.15) is 0 Å². The molecule has 1 heterocycles. The number of hydrogen-bond donors (Lipinski definition) is 2. The summed E-state index contributed by atoms with van der Waals surface area (Å²) in [6.45, 7) is 0. The zero-order valence-corrected chi connectivity index (χ0v) is 9.28. The lowest BCUT2D eigenvalue weighted by molar-refractivity contribution is 0.595. The van der Waals surface area contributed by atoms with E-state index in [1.54, 1.807) is 0 Å². The fourth-order valence-electron chi connectivity index (χ4n) is 0.525. The SMILES string of the molecule is CS(=O)(=O)Nc1nnc(S(N)(=O)=O)s1. The van der Waals surface area contributed by atoms with Crippen molar-refractivity contribution in [1.82, 2.24) is 10.2 Å². The molecule has 0 bridgehead atoms. The first-order chi connectivity index (χ1) is 6.18. The molecule has 3 N–H and O–H groups in total. The number of nitrogens with one attached hydrogen (secondary N) is 1. The largest absolute Gasteiger partial charge is 0.267 e. The van der Waals surface area contributed by atoms with E-state index in [9.17, 15) is 16.8 Å². The summed E-state index contributed by atoms with van der Waals surface area (Å²) in [6.07, 6.45) is 0.908. The van der Waals surface area contributed by atoms with Gasteiger partial charge in [0.1, 0.15) is 0 Å². The summed E-state index contributed by atoms with van der Waals surface area (Å²) in [5.41, 5.74) is 0. The molecule has 14 heavy (non-hydrogen) atoms. The molecule has 0 aliphatic carbocycles. The normalized spacial score (nSPS) is 12.7. The minimum absolute atomic E-state index is 0.142. The van der Waals surface area contributed by atoms with Gasteiger partial charge in [-0.2, -0.15) is 0 Å². The molecule has 1 rings (SSSR count). The molecule has 1 aromatic rings. The second kappa shape index (κ2) is 3.42. The highest BCUT2D eigenvalue weighted by Gasteiger charge is 2.16. The Bertz CT molecular complexity index is 528. The lowest BCUT2D eigenvalue weighted by Crippen LogP contribution is -2.11. The third kappa shape index (κ3) is 3.17. The van der Waals surface area contributed by atoms with E-state index in [1.807, 2.05) is 4.72 Å². The molecule has 8 nitrogen and oxygen atoms in total. The van der Waals surface area contributed by atoms with Crippen LogP contribution in [0.25, 0.3) is 0 Å². The van der Waals surface area contributed by atoms with Crippen LogP contribution in [0.15, 0.2) is 4.34 Å². The molecule has 0 radical (unpaired) electrons. The molecule has 0 atom stereocenters. The van der Waals surface area contributed by atoms with Gasteiger partial charge in [0.15, 0.2) is 0 Å². The Morgan fingerprint density at radius 3 is 2.21 bits per heavy atom. The second-order valence-corrected chi connectivity index (χ2v) is 6.75. The van der Waals surface area contributed by atoms with Gasteiger partial charge in [-0.1, -0.05) is 11.3 Å². The first kappa shape index (κ1) is 11.3. The molecule has 0 aliphatic rings. The Kier molecular flexibility index (Phi) is 2.76. The van der Waals surface area contributed by atoms with Gasteiger partial charge in [0, 0.05) is 0 Å². The van der Waals surface area contributed by atoms with E-state index >= 15 is 0 Å². The van der Waals surface area contributed by atoms with Crippen LogP contribution in [-0.4, -0.2) is 33.3 Å². The molecule has 11 heteroatoms. The average molecular weight is 258 g/mol. The maximum absolute atomic E-state index is 10.7. The quantitative estimate of drug-likeness (QED) is 0.682. The topological polar surface area (TPSA) is 132 Å². The summed E-state index contributed by atoms with van der Waals surface area (Å²) < 4.78 is 44.4. The van der Waals surface area contributed by atoms with Crippen LogP contribution in [0.4, 0.5) is 5.13 Å². The van der Waals surface area contributed by atoms with Crippen LogP contribution in [-0.2, 0) is 20.0 Å². The predicted molar refractivity (Wildman–Crippen MR) is 49.7 cm³/mol. The highest BCUT2D eigenvalue weighted by Crippen LogP contribution is 2.18. The number of sulfonamides is 2. The summed E-state index contributed by atoms with van der Waals surface area (Å²) in [5, 5.41) is 11.1. The van der Waals surface area contributed by atoms with Gasteiger partial charge in [0.05, 0.1) is 6.26 Å². The Hall–Kier alpha value is -0.780. The average Bonchev–Trinajstić information content (AvgIpc) is 2.29. The zero-order chi connectivity index (χ0) is 11.0. The van der Waals surface area contributed by atoms with Gasteiger partial charge in [0.2, 0.25) is 19.5 Å². The lowest BCUT2D eigenvalue weighted by atomic mass is 11.3. The number of nitrogens with zero attached hydrogens (tertiary/aromatic N) is 2. The zero-order valence-electron chi connectivity index (χ0n) is 6.83. The molecule has 0 fully saturated rings. The van der Waals surface area contributed by atoms with Crippen LogP contribution in [0.3, 0.4) is 0 Å². The van der Waals surface area contributed by atoms with Crippen LogP contribution in [0.2, 0.25) is 0 Å².